The van der Waals surface area contributed by atoms with Crippen LogP contribution in [0.25, 0.3) is 28.0 Å². The lowest BCUT2D eigenvalue weighted by Gasteiger charge is -2.06. The maximum absolute atomic E-state index is 5.94. The van der Waals surface area contributed by atoms with Gasteiger partial charge in [0, 0.05) is 10.4 Å². The van der Waals surface area contributed by atoms with Crippen LogP contribution in [-0.2, 0) is 0 Å². The molecule has 0 aliphatic rings. The van der Waals surface area contributed by atoms with Gasteiger partial charge in [0.2, 0.25) is 0 Å². The molecular weight excluding hydrogens is 296 g/mol. The van der Waals surface area contributed by atoms with E-state index in [2.05, 4.69) is 16.4 Å². The van der Waals surface area contributed by atoms with Crippen LogP contribution in [0.5, 0.6) is 0 Å². The molecule has 0 aliphatic carbocycles. The second-order valence-corrected chi connectivity index (χ2v) is 5.33. The molecular formula is C17H11ClN4. The van der Waals surface area contributed by atoms with E-state index in [9.17, 15) is 0 Å². The van der Waals surface area contributed by atoms with Gasteiger partial charge in [-0.3, -0.25) is 0 Å². The number of hydrogen-bond acceptors (Lipinski definition) is 3. The van der Waals surface area contributed by atoms with E-state index in [0.29, 0.717) is 5.02 Å². The van der Waals surface area contributed by atoms with Crippen LogP contribution in [0, 0.1) is 0 Å². The summed E-state index contributed by atoms with van der Waals surface area (Å²) in [5, 5.41) is 9.97. The molecule has 5 heteroatoms. The van der Waals surface area contributed by atoms with Crippen LogP contribution in [0.2, 0.25) is 5.02 Å². The number of benzene rings is 2. The predicted molar refractivity (Wildman–Crippen MR) is 87.1 cm³/mol. The lowest BCUT2D eigenvalue weighted by Crippen LogP contribution is -2.00. The molecule has 4 rings (SSSR count). The summed E-state index contributed by atoms with van der Waals surface area (Å²) < 4.78 is 1.76. The molecule has 0 spiro atoms. The van der Waals surface area contributed by atoms with Crippen molar-refractivity contribution in [3.63, 3.8) is 0 Å². The zero-order chi connectivity index (χ0) is 14.9. The fraction of sp³-hybridized carbons (Fsp3) is 0. The molecule has 0 bridgehead atoms. The molecule has 0 unspecified atom stereocenters. The largest absolute Gasteiger partial charge is 0.246 e. The quantitative estimate of drug-likeness (QED) is 0.559. The van der Waals surface area contributed by atoms with Crippen LogP contribution in [0.15, 0.2) is 66.9 Å². The van der Waals surface area contributed by atoms with Crippen LogP contribution in [0.4, 0.5) is 0 Å². The van der Waals surface area contributed by atoms with Gasteiger partial charge in [-0.15, -0.1) is 5.10 Å². The monoisotopic (exact) mass is 306 g/mol. The Labute approximate surface area is 132 Å². The third-order valence-corrected chi connectivity index (χ3v) is 3.73. The second-order valence-electron chi connectivity index (χ2n) is 4.90. The smallest absolute Gasteiger partial charge is 0.113 e. The normalized spacial score (nSPS) is 11.0. The van der Waals surface area contributed by atoms with Crippen molar-refractivity contribution >= 4 is 22.5 Å². The van der Waals surface area contributed by atoms with Crippen LogP contribution in [-0.4, -0.2) is 20.0 Å². The minimum absolute atomic E-state index is 0.689. The molecule has 4 aromatic rings. The first-order chi connectivity index (χ1) is 10.8. The highest BCUT2D eigenvalue weighted by atomic mass is 35.5. The van der Waals surface area contributed by atoms with Crippen molar-refractivity contribution in [3.8, 4) is 17.1 Å². The van der Waals surface area contributed by atoms with Crippen molar-refractivity contribution in [2.24, 2.45) is 0 Å². The molecule has 2 heterocycles. The molecule has 0 saturated heterocycles. The number of para-hydroxylation sites is 1. The Morgan fingerprint density at radius 1 is 0.864 bits per heavy atom. The Hall–Kier alpha value is -2.72. The van der Waals surface area contributed by atoms with Gasteiger partial charge in [0.25, 0.3) is 0 Å². The number of fused-ring (bicyclic) bond motifs is 1. The summed E-state index contributed by atoms with van der Waals surface area (Å²) in [7, 11) is 0. The van der Waals surface area contributed by atoms with Gasteiger partial charge in [-0.1, -0.05) is 41.1 Å². The number of nitrogens with zero attached hydrogens (tertiary/aromatic N) is 4. The SMILES string of the molecule is Clc1ccc(-n2nncc2-c2ccc3ccccc3n2)cc1. The third kappa shape index (κ3) is 2.23. The minimum Gasteiger partial charge on any atom is -0.246 e. The van der Waals surface area contributed by atoms with E-state index in [1.807, 2.05) is 54.6 Å². The van der Waals surface area contributed by atoms with Gasteiger partial charge in [0.1, 0.15) is 5.69 Å². The Bertz CT molecular complexity index is 944. The van der Waals surface area contributed by atoms with E-state index in [-0.39, 0.29) is 0 Å². The van der Waals surface area contributed by atoms with Gasteiger partial charge in [0.05, 0.1) is 23.1 Å². The van der Waals surface area contributed by atoms with Crippen molar-refractivity contribution in [2.45, 2.75) is 0 Å². The van der Waals surface area contributed by atoms with E-state index >= 15 is 0 Å². The van der Waals surface area contributed by atoms with Crippen molar-refractivity contribution in [3.05, 3.63) is 71.9 Å². The summed E-state index contributed by atoms with van der Waals surface area (Å²) in [6.07, 6.45) is 1.71. The Morgan fingerprint density at radius 3 is 2.55 bits per heavy atom. The molecule has 0 saturated carbocycles. The zero-order valence-corrected chi connectivity index (χ0v) is 12.3. The number of halogens is 1. The molecule has 0 atom stereocenters. The molecule has 0 amide bonds. The highest BCUT2D eigenvalue weighted by molar-refractivity contribution is 6.30. The molecule has 106 valence electrons. The summed E-state index contributed by atoms with van der Waals surface area (Å²) >= 11 is 5.94. The second kappa shape index (κ2) is 5.24. The maximum Gasteiger partial charge on any atom is 0.113 e. The van der Waals surface area contributed by atoms with Gasteiger partial charge in [-0.05, 0) is 36.4 Å². The molecule has 2 aromatic heterocycles. The lowest BCUT2D eigenvalue weighted by atomic mass is 10.2. The number of hydrogen-bond donors (Lipinski definition) is 0. The zero-order valence-electron chi connectivity index (χ0n) is 11.5. The van der Waals surface area contributed by atoms with E-state index in [4.69, 9.17) is 16.6 Å². The van der Waals surface area contributed by atoms with Gasteiger partial charge < -0.3 is 0 Å². The van der Waals surface area contributed by atoms with E-state index < -0.39 is 0 Å². The molecule has 0 radical (unpaired) electrons. The average Bonchev–Trinajstić information content (AvgIpc) is 3.05. The fourth-order valence-corrected chi connectivity index (χ4v) is 2.52. The van der Waals surface area contributed by atoms with Crippen molar-refractivity contribution in [1.29, 1.82) is 0 Å². The van der Waals surface area contributed by atoms with Crippen molar-refractivity contribution in [1.82, 2.24) is 20.0 Å². The van der Waals surface area contributed by atoms with Gasteiger partial charge >= 0.3 is 0 Å². The Kier molecular flexibility index (Phi) is 3.09. The van der Waals surface area contributed by atoms with Crippen LogP contribution >= 0.6 is 11.6 Å². The number of rotatable bonds is 2. The molecule has 4 nitrogen and oxygen atoms in total. The van der Waals surface area contributed by atoms with Crippen LogP contribution in [0.3, 0.4) is 0 Å². The fourth-order valence-electron chi connectivity index (χ4n) is 2.39. The third-order valence-electron chi connectivity index (χ3n) is 3.48. The topological polar surface area (TPSA) is 43.6 Å². The standard InChI is InChI=1S/C17H11ClN4/c18-13-6-8-14(9-7-13)22-17(11-19-21-22)16-10-5-12-3-1-2-4-15(12)20-16/h1-11H. The lowest BCUT2D eigenvalue weighted by molar-refractivity contribution is 0.806. The van der Waals surface area contributed by atoms with Gasteiger partial charge in [0.15, 0.2) is 0 Å². The van der Waals surface area contributed by atoms with Gasteiger partial charge in [-0.2, -0.15) is 0 Å². The number of aromatic nitrogens is 4. The maximum atomic E-state index is 5.94. The summed E-state index contributed by atoms with van der Waals surface area (Å²) in [5.41, 5.74) is 3.52. The summed E-state index contributed by atoms with van der Waals surface area (Å²) in [4.78, 5) is 4.69. The Balaban J connectivity index is 1.85. The van der Waals surface area contributed by atoms with E-state index in [1.165, 1.54) is 0 Å². The predicted octanol–water partition coefficient (Wildman–Crippen LogP) is 4.14. The van der Waals surface area contributed by atoms with Crippen molar-refractivity contribution < 1.29 is 0 Å². The molecule has 0 N–H and O–H groups in total. The first-order valence-electron chi connectivity index (χ1n) is 6.84. The van der Waals surface area contributed by atoms with Crippen LogP contribution < -0.4 is 0 Å². The summed E-state index contributed by atoms with van der Waals surface area (Å²) in [6, 6.07) is 19.5. The Morgan fingerprint density at radius 2 is 1.68 bits per heavy atom. The molecule has 22 heavy (non-hydrogen) atoms. The summed E-state index contributed by atoms with van der Waals surface area (Å²) in [5.74, 6) is 0. The summed E-state index contributed by atoms with van der Waals surface area (Å²) in [6.45, 7) is 0. The molecule has 2 aromatic carbocycles. The van der Waals surface area contributed by atoms with E-state index in [1.54, 1.807) is 10.9 Å². The van der Waals surface area contributed by atoms with E-state index in [0.717, 1.165) is 28.0 Å². The highest BCUT2D eigenvalue weighted by Gasteiger charge is 2.10. The first-order valence-corrected chi connectivity index (χ1v) is 7.22. The average molecular weight is 307 g/mol. The van der Waals surface area contributed by atoms with Crippen molar-refractivity contribution in [2.75, 3.05) is 0 Å². The molecule has 0 fully saturated rings. The van der Waals surface area contributed by atoms with Crippen LogP contribution in [0.1, 0.15) is 0 Å². The van der Waals surface area contributed by atoms with Gasteiger partial charge in [-0.25, -0.2) is 9.67 Å². The highest BCUT2D eigenvalue weighted by Crippen LogP contribution is 2.23. The molecule has 0 aliphatic heterocycles. The minimum atomic E-state index is 0.689. The first kappa shape index (κ1) is 13.0. The number of pyridine rings is 1.